The molecule has 0 fully saturated rings. The van der Waals surface area contributed by atoms with Crippen molar-refractivity contribution in [2.24, 2.45) is 0 Å². The summed E-state index contributed by atoms with van der Waals surface area (Å²) in [4.78, 5) is 0. The van der Waals surface area contributed by atoms with Gasteiger partial charge in [-0.1, -0.05) is 63.0 Å². The molecule has 0 aromatic carbocycles. The molecule has 0 heterocycles. The van der Waals surface area contributed by atoms with E-state index in [1.807, 2.05) is 6.08 Å². The highest BCUT2D eigenvalue weighted by Crippen LogP contribution is 2.05. The van der Waals surface area contributed by atoms with Crippen molar-refractivity contribution in [3.05, 3.63) is 37.0 Å². The van der Waals surface area contributed by atoms with Crippen molar-refractivity contribution in [2.45, 2.75) is 58.3 Å². The minimum Gasteiger partial charge on any atom is -0.103 e. The van der Waals surface area contributed by atoms with Crippen LogP contribution in [0.3, 0.4) is 0 Å². The Kier molecular flexibility index (Phi) is 12.5. The number of rotatable bonds is 10. The number of allylic oxidation sites excluding steroid dienone is 5. The second-order valence-corrected chi connectivity index (χ2v) is 3.91. The van der Waals surface area contributed by atoms with Crippen molar-refractivity contribution in [1.29, 1.82) is 0 Å². The van der Waals surface area contributed by atoms with Crippen LogP contribution in [0.4, 0.5) is 0 Å². The Morgan fingerprint density at radius 1 is 0.800 bits per heavy atom. The molecule has 0 saturated carbocycles. The van der Waals surface area contributed by atoms with Crippen molar-refractivity contribution in [2.75, 3.05) is 0 Å². The molecule has 0 heteroatoms. The lowest BCUT2D eigenvalue weighted by Crippen LogP contribution is -1.75. The maximum atomic E-state index is 3.67. The van der Waals surface area contributed by atoms with Gasteiger partial charge in [0, 0.05) is 0 Å². The summed E-state index contributed by atoms with van der Waals surface area (Å²) in [6, 6.07) is 0. The third kappa shape index (κ3) is 13.2. The molecule has 0 aromatic heterocycles. The smallest absolute Gasteiger partial charge is 0.0169 e. The van der Waals surface area contributed by atoms with E-state index in [9.17, 15) is 0 Å². The van der Waals surface area contributed by atoms with Gasteiger partial charge >= 0.3 is 0 Å². The first kappa shape index (κ1) is 14.2. The topological polar surface area (TPSA) is 0 Å². The largest absolute Gasteiger partial charge is 0.103 e. The summed E-state index contributed by atoms with van der Waals surface area (Å²) >= 11 is 0. The number of hydrogen-bond acceptors (Lipinski definition) is 0. The lowest BCUT2D eigenvalue weighted by Gasteiger charge is -1.95. The Bertz CT molecular complexity index is 174. The Morgan fingerprint density at radius 3 is 2.20 bits per heavy atom. The molecule has 0 aliphatic rings. The Balaban J connectivity index is 3.13. The standard InChI is InChI=1S/C15H26/c1-3-5-7-9-11-13-15-14-12-10-8-6-4-2/h3,7,9,13,15H,1,4-6,8,10-12,14H2,2H3. The van der Waals surface area contributed by atoms with Gasteiger partial charge in [-0.3, -0.25) is 0 Å². The van der Waals surface area contributed by atoms with Gasteiger partial charge in [0.05, 0.1) is 0 Å². The molecular formula is C15H26. The molecule has 0 saturated heterocycles. The van der Waals surface area contributed by atoms with Crippen LogP contribution in [-0.4, -0.2) is 0 Å². The monoisotopic (exact) mass is 206 g/mol. The SMILES string of the molecule is C=CCC=CCC=CCCCCCCC. The van der Waals surface area contributed by atoms with Gasteiger partial charge in [-0.2, -0.15) is 0 Å². The van der Waals surface area contributed by atoms with Gasteiger partial charge < -0.3 is 0 Å². The van der Waals surface area contributed by atoms with Gasteiger partial charge in [0.15, 0.2) is 0 Å². The van der Waals surface area contributed by atoms with E-state index in [1.54, 1.807) is 0 Å². The summed E-state index contributed by atoms with van der Waals surface area (Å²) in [5.74, 6) is 0. The fourth-order valence-electron chi connectivity index (χ4n) is 1.45. The summed E-state index contributed by atoms with van der Waals surface area (Å²) < 4.78 is 0. The highest BCUT2D eigenvalue weighted by molar-refractivity contribution is 4.95. The average molecular weight is 206 g/mol. The van der Waals surface area contributed by atoms with Crippen LogP contribution in [0.1, 0.15) is 58.3 Å². The molecule has 0 nitrogen and oxygen atoms in total. The molecule has 0 amide bonds. The normalized spacial score (nSPS) is 11.5. The molecule has 0 atom stereocenters. The Morgan fingerprint density at radius 2 is 1.47 bits per heavy atom. The van der Waals surface area contributed by atoms with Crippen LogP contribution in [0, 0.1) is 0 Å². The second kappa shape index (κ2) is 13.2. The van der Waals surface area contributed by atoms with Crippen LogP contribution in [0.25, 0.3) is 0 Å². The molecule has 0 unspecified atom stereocenters. The molecule has 0 bridgehead atoms. The molecular weight excluding hydrogens is 180 g/mol. The Hall–Kier alpha value is -0.780. The first-order valence-electron chi connectivity index (χ1n) is 6.32. The van der Waals surface area contributed by atoms with E-state index in [0.717, 1.165) is 12.8 Å². The first-order valence-corrected chi connectivity index (χ1v) is 6.32. The molecule has 0 aliphatic heterocycles. The summed E-state index contributed by atoms with van der Waals surface area (Å²) in [7, 11) is 0. The summed E-state index contributed by atoms with van der Waals surface area (Å²) in [6.07, 6.45) is 21.1. The van der Waals surface area contributed by atoms with E-state index in [4.69, 9.17) is 0 Å². The van der Waals surface area contributed by atoms with Crippen LogP contribution in [0.2, 0.25) is 0 Å². The van der Waals surface area contributed by atoms with Crippen LogP contribution >= 0.6 is 0 Å². The van der Waals surface area contributed by atoms with Gasteiger partial charge in [0.2, 0.25) is 0 Å². The van der Waals surface area contributed by atoms with Crippen LogP contribution in [0.5, 0.6) is 0 Å². The van der Waals surface area contributed by atoms with Gasteiger partial charge in [0.1, 0.15) is 0 Å². The van der Waals surface area contributed by atoms with Crippen molar-refractivity contribution in [1.82, 2.24) is 0 Å². The fraction of sp³-hybridized carbons (Fsp3) is 0.600. The Labute approximate surface area is 95.8 Å². The summed E-state index contributed by atoms with van der Waals surface area (Å²) in [6.45, 7) is 5.93. The molecule has 0 radical (unpaired) electrons. The van der Waals surface area contributed by atoms with Crippen molar-refractivity contribution >= 4 is 0 Å². The number of unbranched alkanes of at least 4 members (excludes halogenated alkanes) is 5. The van der Waals surface area contributed by atoms with Crippen molar-refractivity contribution in [3.63, 3.8) is 0 Å². The third-order valence-corrected chi connectivity index (χ3v) is 2.38. The molecule has 0 aliphatic carbocycles. The van der Waals surface area contributed by atoms with Crippen molar-refractivity contribution in [3.8, 4) is 0 Å². The molecule has 0 spiro atoms. The van der Waals surface area contributed by atoms with E-state index in [0.29, 0.717) is 0 Å². The zero-order valence-electron chi connectivity index (χ0n) is 10.3. The lowest BCUT2D eigenvalue weighted by molar-refractivity contribution is 0.637. The highest BCUT2D eigenvalue weighted by atomic mass is 13.9. The second-order valence-electron chi connectivity index (χ2n) is 3.91. The summed E-state index contributed by atoms with van der Waals surface area (Å²) in [5.41, 5.74) is 0. The molecule has 0 rings (SSSR count). The molecule has 0 N–H and O–H groups in total. The van der Waals surface area contributed by atoms with E-state index in [1.165, 1.54) is 38.5 Å². The highest BCUT2D eigenvalue weighted by Gasteiger charge is 1.85. The average Bonchev–Trinajstić information content (AvgIpc) is 2.26. The van der Waals surface area contributed by atoms with E-state index >= 15 is 0 Å². The van der Waals surface area contributed by atoms with Gasteiger partial charge in [0.25, 0.3) is 0 Å². The van der Waals surface area contributed by atoms with Gasteiger partial charge in [-0.15, -0.1) is 6.58 Å². The van der Waals surface area contributed by atoms with Crippen molar-refractivity contribution < 1.29 is 0 Å². The minimum absolute atomic E-state index is 0.991. The maximum Gasteiger partial charge on any atom is -0.0169 e. The van der Waals surface area contributed by atoms with E-state index in [2.05, 4.69) is 37.8 Å². The maximum absolute atomic E-state index is 3.67. The predicted molar refractivity (Wildman–Crippen MR) is 71.1 cm³/mol. The minimum atomic E-state index is 0.991. The predicted octanol–water partition coefficient (Wildman–Crippen LogP) is 5.43. The summed E-state index contributed by atoms with van der Waals surface area (Å²) in [5, 5.41) is 0. The van der Waals surface area contributed by atoms with E-state index in [-0.39, 0.29) is 0 Å². The first-order chi connectivity index (χ1) is 7.41. The molecule has 0 aromatic rings. The third-order valence-electron chi connectivity index (χ3n) is 2.38. The zero-order chi connectivity index (χ0) is 11.2. The fourth-order valence-corrected chi connectivity index (χ4v) is 1.45. The molecule has 15 heavy (non-hydrogen) atoms. The van der Waals surface area contributed by atoms with Gasteiger partial charge in [-0.05, 0) is 25.7 Å². The van der Waals surface area contributed by atoms with Crippen LogP contribution in [-0.2, 0) is 0 Å². The zero-order valence-corrected chi connectivity index (χ0v) is 10.3. The molecule has 86 valence electrons. The van der Waals surface area contributed by atoms with Crippen LogP contribution in [0.15, 0.2) is 37.0 Å². The number of hydrogen-bond donors (Lipinski definition) is 0. The van der Waals surface area contributed by atoms with Gasteiger partial charge in [-0.25, -0.2) is 0 Å². The lowest BCUT2D eigenvalue weighted by atomic mass is 10.1. The van der Waals surface area contributed by atoms with Crippen LogP contribution < -0.4 is 0 Å². The quantitative estimate of drug-likeness (QED) is 0.330. The van der Waals surface area contributed by atoms with E-state index < -0.39 is 0 Å².